The van der Waals surface area contributed by atoms with E-state index in [-0.39, 0.29) is 24.6 Å². The standard InChI is InChI=1S/C27H25ClF2N4O5S/c1-36-19-6-4-5-16(24(19)38-3)23-17-11-14(28)7-9-18(17)34-26(32-33-27(34)25(29)30)20(39-23)12-21-31-13-15(40-21)8-10-22(35)37-2/h4-7,9,11,13,20,23,25H,8,10,12H2,1-3H3/t20-,23-/m1/s1. The minimum absolute atomic E-state index is 0.203. The van der Waals surface area contributed by atoms with Gasteiger partial charge in [0.15, 0.2) is 17.3 Å². The highest BCUT2D eigenvalue weighted by Gasteiger charge is 2.37. The van der Waals surface area contributed by atoms with Gasteiger partial charge in [-0.15, -0.1) is 21.5 Å². The van der Waals surface area contributed by atoms with Gasteiger partial charge in [-0.25, -0.2) is 13.8 Å². The summed E-state index contributed by atoms with van der Waals surface area (Å²) >= 11 is 7.81. The molecule has 0 unspecified atom stereocenters. The first kappa shape index (κ1) is 27.9. The number of aromatic nitrogens is 4. The highest BCUT2D eigenvalue weighted by molar-refractivity contribution is 7.11. The lowest BCUT2D eigenvalue weighted by molar-refractivity contribution is -0.140. The van der Waals surface area contributed by atoms with Gasteiger partial charge < -0.3 is 18.9 Å². The molecule has 4 aromatic rings. The number of alkyl halides is 2. The Morgan fingerprint density at radius 1 is 1.15 bits per heavy atom. The van der Waals surface area contributed by atoms with Crippen LogP contribution in [0.5, 0.6) is 11.5 Å². The van der Waals surface area contributed by atoms with Crippen LogP contribution in [0.25, 0.3) is 5.69 Å². The quantitative estimate of drug-likeness (QED) is 0.224. The molecule has 0 bridgehead atoms. The number of fused-ring (bicyclic) bond motifs is 3. The maximum atomic E-state index is 14.2. The van der Waals surface area contributed by atoms with Crippen molar-refractivity contribution in [2.75, 3.05) is 21.3 Å². The van der Waals surface area contributed by atoms with Crippen molar-refractivity contribution < 1.29 is 32.5 Å². The molecule has 210 valence electrons. The van der Waals surface area contributed by atoms with Crippen LogP contribution < -0.4 is 9.47 Å². The van der Waals surface area contributed by atoms with Gasteiger partial charge in [0.25, 0.3) is 6.43 Å². The van der Waals surface area contributed by atoms with Crippen LogP contribution in [-0.2, 0) is 27.1 Å². The molecule has 3 heterocycles. The molecule has 2 aromatic heterocycles. The third-order valence-corrected chi connectivity index (χ3v) is 7.80. The summed E-state index contributed by atoms with van der Waals surface area (Å²) in [5.74, 6) is 0.292. The number of rotatable bonds is 9. The summed E-state index contributed by atoms with van der Waals surface area (Å²) in [5.41, 5.74) is 1.56. The average molecular weight is 591 g/mol. The SMILES string of the molecule is COC(=O)CCc1cnc(C[C@H]2O[C@H](c3cccc(OC)c3OC)c3cc(Cl)ccc3-n3c(C(F)F)nnc32)s1. The van der Waals surface area contributed by atoms with Crippen molar-refractivity contribution in [2.24, 2.45) is 0 Å². The first-order valence-electron chi connectivity index (χ1n) is 12.2. The topological polar surface area (TPSA) is 97.6 Å². The number of esters is 1. The zero-order chi connectivity index (χ0) is 28.4. The maximum Gasteiger partial charge on any atom is 0.305 e. The predicted molar refractivity (Wildman–Crippen MR) is 143 cm³/mol. The summed E-state index contributed by atoms with van der Waals surface area (Å²) in [6.45, 7) is 0. The molecule has 9 nitrogen and oxygen atoms in total. The molecule has 0 spiro atoms. The number of carbonyl (C=O) groups is 1. The Bertz CT molecular complexity index is 1530. The first-order chi connectivity index (χ1) is 19.3. The van der Waals surface area contributed by atoms with Crippen molar-refractivity contribution in [1.29, 1.82) is 0 Å². The van der Waals surface area contributed by atoms with Crippen LogP contribution in [0.4, 0.5) is 8.78 Å². The monoisotopic (exact) mass is 590 g/mol. The molecule has 0 saturated heterocycles. The van der Waals surface area contributed by atoms with Crippen molar-refractivity contribution in [3.63, 3.8) is 0 Å². The van der Waals surface area contributed by atoms with Crippen LogP contribution in [0.15, 0.2) is 42.6 Å². The van der Waals surface area contributed by atoms with E-state index in [1.165, 1.54) is 37.2 Å². The number of ether oxygens (including phenoxy) is 4. The van der Waals surface area contributed by atoms with Crippen molar-refractivity contribution in [2.45, 2.75) is 37.9 Å². The van der Waals surface area contributed by atoms with Crippen LogP contribution >= 0.6 is 22.9 Å². The average Bonchev–Trinajstić information content (AvgIpc) is 3.58. The minimum Gasteiger partial charge on any atom is -0.493 e. The van der Waals surface area contributed by atoms with Crippen LogP contribution in [0, 0.1) is 0 Å². The molecule has 5 rings (SSSR count). The number of halogens is 3. The van der Waals surface area contributed by atoms with Gasteiger partial charge in [-0.3, -0.25) is 9.36 Å². The van der Waals surface area contributed by atoms with Crippen molar-refractivity contribution in [1.82, 2.24) is 19.7 Å². The van der Waals surface area contributed by atoms with Crippen LogP contribution in [0.2, 0.25) is 5.02 Å². The van der Waals surface area contributed by atoms with E-state index in [0.717, 1.165) is 4.88 Å². The second-order valence-electron chi connectivity index (χ2n) is 8.84. The van der Waals surface area contributed by atoms with Gasteiger partial charge in [-0.2, -0.15) is 0 Å². The lowest BCUT2D eigenvalue weighted by Gasteiger charge is -2.24. The summed E-state index contributed by atoms with van der Waals surface area (Å²) in [6.07, 6.45) is -1.92. The predicted octanol–water partition coefficient (Wildman–Crippen LogP) is 5.84. The number of benzene rings is 2. The third kappa shape index (κ3) is 5.38. The second kappa shape index (κ2) is 11.9. The Kier molecular flexibility index (Phi) is 8.29. The Morgan fingerprint density at radius 2 is 1.98 bits per heavy atom. The number of hydrogen-bond donors (Lipinski definition) is 0. The van der Waals surface area contributed by atoms with E-state index in [2.05, 4.69) is 15.2 Å². The van der Waals surface area contributed by atoms with Crippen molar-refractivity contribution in [3.8, 4) is 17.2 Å². The van der Waals surface area contributed by atoms with Crippen molar-refractivity contribution in [3.05, 3.63) is 80.3 Å². The molecule has 0 saturated carbocycles. The summed E-state index contributed by atoms with van der Waals surface area (Å²) in [6, 6.07) is 10.3. The van der Waals surface area contributed by atoms with Crippen LogP contribution in [0.1, 0.15) is 57.7 Å². The molecule has 0 fully saturated rings. The molecule has 0 N–H and O–H groups in total. The number of hydrogen-bond acceptors (Lipinski definition) is 9. The number of para-hydroxylation sites is 1. The zero-order valence-corrected chi connectivity index (χ0v) is 23.3. The Balaban J connectivity index is 1.63. The van der Waals surface area contributed by atoms with Crippen molar-refractivity contribution >= 4 is 28.9 Å². The van der Waals surface area contributed by atoms with Crippen LogP contribution in [-0.4, -0.2) is 47.0 Å². The molecular weight excluding hydrogens is 566 g/mol. The minimum atomic E-state index is -2.89. The van der Waals surface area contributed by atoms with Gasteiger partial charge in [0, 0.05) is 33.6 Å². The Labute approximate surface area is 237 Å². The molecular formula is C27H25ClF2N4O5S. The van der Waals surface area contributed by atoms with Gasteiger partial charge in [0.1, 0.15) is 12.2 Å². The lowest BCUT2D eigenvalue weighted by Crippen LogP contribution is -2.15. The molecule has 1 aliphatic rings. The fourth-order valence-corrected chi connectivity index (χ4v) is 5.82. The van der Waals surface area contributed by atoms with Gasteiger partial charge in [0.05, 0.1) is 38.4 Å². The summed E-state index contributed by atoms with van der Waals surface area (Å²) in [5, 5.41) is 9.04. The van der Waals surface area contributed by atoms with Gasteiger partial charge >= 0.3 is 5.97 Å². The van der Waals surface area contributed by atoms with Crippen LogP contribution in [0.3, 0.4) is 0 Å². The fraction of sp³-hybridized carbons (Fsp3) is 0.333. The molecule has 40 heavy (non-hydrogen) atoms. The number of thiazole rings is 1. The molecule has 1 aliphatic heterocycles. The number of methoxy groups -OCH3 is 3. The molecule has 0 aliphatic carbocycles. The van der Waals surface area contributed by atoms with E-state index in [4.69, 9.17) is 30.5 Å². The fourth-order valence-electron chi connectivity index (χ4n) is 4.69. The van der Waals surface area contributed by atoms with E-state index >= 15 is 0 Å². The highest BCUT2D eigenvalue weighted by Crippen LogP contribution is 2.46. The largest absolute Gasteiger partial charge is 0.493 e. The maximum absolute atomic E-state index is 14.2. The third-order valence-electron chi connectivity index (χ3n) is 6.49. The summed E-state index contributed by atoms with van der Waals surface area (Å²) in [4.78, 5) is 17.0. The van der Waals surface area contributed by atoms with E-state index in [0.29, 0.717) is 44.8 Å². The zero-order valence-electron chi connectivity index (χ0n) is 21.8. The molecule has 13 heteroatoms. The normalized spacial score (nSPS) is 16.3. The highest BCUT2D eigenvalue weighted by atomic mass is 35.5. The number of aryl methyl sites for hydroxylation is 1. The Hall–Kier alpha value is -3.61. The van der Waals surface area contributed by atoms with Gasteiger partial charge in [-0.05, 0) is 30.7 Å². The smallest absolute Gasteiger partial charge is 0.305 e. The van der Waals surface area contributed by atoms with E-state index in [9.17, 15) is 13.6 Å². The first-order valence-corrected chi connectivity index (χ1v) is 13.4. The lowest BCUT2D eigenvalue weighted by atomic mass is 9.98. The van der Waals surface area contributed by atoms with E-state index in [1.807, 2.05) is 6.07 Å². The van der Waals surface area contributed by atoms with Gasteiger partial charge in [0.2, 0.25) is 5.82 Å². The van der Waals surface area contributed by atoms with E-state index < -0.39 is 24.5 Å². The molecule has 2 atom stereocenters. The summed E-state index contributed by atoms with van der Waals surface area (Å²) in [7, 11) is 4.38. The molecule has 2 aromatic carbocycles. The van der Waals surface area contributed by atoms with E-state index in [1.54, 1.807) is 36.5 Å². The second-order valence-corrected chi connectivity index (χ2v) is 10.5. The molecule has 0 radical (unpaired) electrons. The molecule has 0 amide bonds. The number of nitrogens with zero attached hydrogens (tertiary/aromatic N) is 4. The van der Waals surface area contributed by atoms with Gasteiger partial charge in [-0.1, -0.05) is 23.7 Å². The Morgan fingerprint density at radius 3 is 2.70 bits per heavy atom. The number of carbonyl (C=O) groups excluding carboxylic acids is 1. The summed E-state index contributed by atoms with van der Waals surface area (Å²) < 4.78 is 52.3.